The molecule has 2 heterocycles. The molecule has 0 unspecified atom stereocenters. The summed E-state index contributed by atoms with van der Waals surface area (Å²) in [6, 6.07) is 14.5. The summed E-state index contributed by atoms with van der Waals surface area (Å²) >= 11 is 0. The highest BCUT2D eigenvalue weighted by Crippen LogP contribution is 2.26. The zero-order valence-electron chi connectivity index (χ0n) is 14.6. The second-order valence-corrected chi connectivity index (χ2v) is 8.58. The van der Waals surface area contributed by atoms with Crippen LogP contribution in [-0.4, -0.2) is 41.9 Å². The zero-order valence-corrected chi connectivity index (χ0v) is 15.4. The largest absolute Gasteiger partial charge is 0.311 e. The van der Waals surface area contributed by atoms with Crippen LogP contribution in [-0.2, 0) is 14.8 Å². The third-order valence-corrected chi connectivity index (χ3v) is 6.84. The number of nitrogens with zero attached hydrogens (tertiary/aromatic N) is 2. The summed E-state index contributed by atoms with van der Waals surface area (Å²) in [6.07, 6.45) is 2.55. The van der Waals surface area contributed by atoms with Crippen LogP contribution in [0.2, 0.25) is 0 Å². The van der Waals surface area contributed by atoms with Crippen molar-refractivity contribution in [3.63, 3.8) is 0 Å². The molecule has 0 saturated carbocycles. The van der Waals surface area contributed by atoms with Gasteiger partial charge in [-0.3, -0.25) is 9.89 Å². The number of amides is 1. The van der Waals surface area contributed by atoms with Crippen molar-refractivity contribution in [3.05, 3.63) is 54.7 Å². The van der Waals surface area contributed by atoms with E-state index < -0.39 is 10.0 Å². The zero-order chi connectivity index (χ0) is 18.9. The topological polar surface area (TPSA) is 95.2 Å². The molecule has 1 aromatic heterocycles. The number of carbonyl (C=O) groups is 1. The Morgan fingerprint density at radius 1 is 1.07 bits per heavy atom. The first kappa shape index (κ1) is 17.7. The van der Waals surface area contributed by atoms with E-state index in [1.807, 2.05) is 30.3 Å². The Morgan fingerprint density at radius 2 is 1.81 bits per heavy atom. The molecule has 1 aliphatic heterocycles. The molecule has 2 N–H and O–H groups in total. The van der Waals surface area contributed by atoms with Gasteiger partial charge in [0.05, 0.1) is 11.1 Å². The Labute approximate surface area is 157 Å². The van der Waals surface area contributed by atoms with Crippen molar-refractivity contribution in [2.24, 2.45) is 5.92 Å². The average molecular weight is 384 g/mol. The number of carbonyl (C=O) groups excluding carboxylic acids is 1. The van der Waals surface area contributed by atoms with Crippen molar-refractivity contribution < 1.29 is 13.2 Å². The van der Waals surface area contributed by atoms with Crippen LogP contribution in [0, 0.1) is 5.92 Å². The van der Waals surface area contributed by atoms with Crippen LogP contribution in [0.1, 0.15) is 12.8 Å². The number of piperidine rings is 1. The molecular weight excluding hydrogens is 364 g/mol. The van der Waals surface area contributed by atoms with Crippen molar-refractivity contribution in [2.45, 2.75) is 17.7 Å². The molecule has 0 atom stereocenters. The number of nitrogens with one attached hydrogen (secondary N) is 2. The molecular formula is C19H20N4O3S. The number of hydrogen-bond acceptors (Lipinski definition) is 4. The van der Waals surface area contributed by atoms with Gasteiger partial charge in [0.1, 0.15) is 5.82 Å². The Bertz CT molecular complexity index is 1060. The van der Waals surface area contributed by atoms with E-state index >= 15 is 0 Å². The Balaban J connectivity index is 1.45. The predicted octanol–water partition coefficient (Wildman–Crippen LogP) is 2.60. The third-order valence-electron chi connectivity index (χ3n) is 4.94. The van der Waals surface area contributed by atoms with E-state index in [-0.39, 0.29) is 11.8 Å². The van der Waals surface area contributed by atoms with Gasteiger partial charge in [-0.25, -0.2) is 8.42 Å². The maximum absolute atomic E-state index is 13.0. The third kappa shape index (κ3) is 3.58. The lowest BCUT2D eigenvalue weighted by molar-refractivity contribution is -0.120. The monoisotopic (exact) mass is 384 g/mol. The smallest absolute Gasteiger partial charge is 0.243 e. The van der Waals surface area contributed by atoms with E-state index in [0.29, 0.717) is 36.6 Å². The molecule has 27 heavy (non-hydrogen) atoms. The lowest BCUT2D eigenvalue weighted by atomic mass is 9.97. The van der Waals surface area contributed by atoms with Crippen LogP contribution in [0.4, 0.5) is 5.82 Å². The fourth-order valence-corrected chi connectivity index (χ4v) is 4.90. The molecule has 0 aliphatic carbocycles. The summed E-state index contributed by atoms with van der Waals surface area (Å²) in [4.78, 5) is 12.6. The fourth-order valence-electron chi connectivity index (χ4n) is 3.40. The Kier molecular flexibility index (Phi) is 4.67. The number of fused-ring (bicyclic) bond motifs is 1. The van der Waals surface area contributed by atoms with Gasteiger partial charge >= 0.3 is 0 Å². The number of aromatic nitrogens is 2. The normalized spacial score (nSPS) is 16.4. The quantitative estimate of drug-likeness (QED) is 0.723. The van der Waals surface area contributed by atoms with Crippen LogP contribution >= 0.6 is 0 Å². The summed E-state index contributed by atoms with van der Waals surface area (Å²) in [5.74, 6) is 0.226. The highest BCUT2D eigenvalue weighted by atomic mass is 32.2. The molecule has 1 fully saturated rings. The average Bonchev–Trinajstić information content (AvgIpc) is 3.20. The minimum atomic E-state index is -3.57. The predicted molar refractivity (Wildman–Crippen MR) is 103 cm³/mol. The van der Waals surface area contributed by atoms with Crippen LogP contribution in [0.15, 0.2) is 59.6 Å². The molecule has 1 amide bonds. The standard InChI is InChI=1S/C19H20N4O3S/c24-19(21-18-7-10-20-22-18)15-8-11-23(12-9-15)27(25,26)17-6-5-14-3-1-2-4-16(14)13-17/h1-7,10,13,15H,8-9,11-12H2,(H2,20,21,22,24). The number of rotatable bonds is 4. The van der Waals surface area contributed by atoms with Gasteiger partial charge in [-0.1, -0.05) is 30.3 Å². The minimum absolute atomic E-state index is 0.109. The number of aromatic amines is 1. The Morgan fingerprint density at radius 3 is 2.52 bits per heavy atom. The first-order valence-corrected chi connectivity index (χ1v) is 10.3. The Hall–Kier alpha value is -2.71. The maximum atomic E-state index is 13.0. The molecule has 1 aliphatic rings. The maximum Gasteiger partial charge on any atom is 0.243 e. The van der Waals surface area contributed by atoms with Gasteiger partial charge in [0.15, 0.2) is 0 Å². The molecule has 3 aromatic rings. The first-order valence-electron chi connectivity index (χ1n) is 8.83. The summed E-state index contributed by atoms with van der Waals surface area (Å²) in [7, 11) is -3.57. The van der Waals surface area contributed by atoms with Gasteiger partial charge in [0, 0.05) is 25.1 Å². The van der Waals surface area contributed by atoms with Gasteiger partial charge in [-0.05, 0) is 35.7 Å². The van der Waals surface area contributed by atoms with Gasteiger partial charge in [-0.2, -0.15) is 9.40 Å². The van der Waals surface area contributed by atoms with E-state index in [4.69, 9.17) is 0 Å². The van der Waals surface area contributed by atoms with Gasteiger partial charge in [-0.15, -0.1) is 0 Å². The second-order valence-electron chi connectivity index (χ2n) is 6.65. The lowest BCUT2D eigenvalue weighted by Gasteiger charge is -2.30. The molecule has 0 bridgehead atoms. The summed E-state index contributed by atoms with van der Waals surface area (Å²) in [5, 5.41) is 11.2. The molecule has 0 spiro atoms. The number of benzene rings is 2. The van der Waals surface area contributed by atoms with E-state index in [2.05, 4.69) is 15.5 Å². The SMILES string of the molecule is O=C(Nc1ccn[nH]1)C1CCN(S(=O)(=O)c2ccc3ccccc3c2)CC1. The van der Waals surface area contributed by atoms with E-state index in [1.165, 1.54) is 4.31 Å². The number of H-pyrrole nitrogens is 1. The van der Waals surface area contributed by atoms with Gasteiger partial charge in [0.25, 0.3) is 0 Å². The van der Waals surface area contributed by atoms with Crippen molar-refractivity contribution in [3.8, 4) is 0 Å². The number of anilines is 1. The summed E-state index contributed by atoms with van der Waals surface area (Å²) in [6.45, 7) is 0.659. The lowest BCUT2D eigenvalue weighted by Crippen LogP contribution is -2.41. The molecule has 1 saturated heterocycles. The highest BCUT2D eigenvalue weighted by Gasteiger charge is 2.32. The fraction of sp³-hybridized carbons (Fsp3) is 0.263. The molecule has 8 heteroatoms. The van der Waals surface area contributed by atoms with Crippen molar-refractivity contribution >= 4 is 32.5 Å². The molecule has 2 aromatic carbocycles. The van der Waals surface area contributed by atoms with Crippen molar-refractivity contribution in [2.75, 3.05) is 18.4 Å². The van der Waals surface area contributed by atoms with Crippen LogP contribution in [0.5, 0.6) is 0 Å². The summed E-state index contributed by atoms with van der Waals surface area (Å²) < 4.78 is 27.4. The van der Waals surface area contributed by atoms with E-state index in [9.17, 15) is 13.2 Å². The number of hydrogen-bond donors (Lipinski definition) is 2. The second kappa shape index (κ2) is 7.13. The number of sulfonamides is 1. The van der Waals surface area contributed by atoms with Crippen molar-refractivity contribution in [1.29, 1.82) is 0 Å². The van der Waals surface area contributed by atoms with Crippen LogP contribution in [0.25, 0.3) is 10.8 Å². The van der Waals surface area contributed by atoms with E-state index in [0.717, 1.165) is 10.8 Å². The van der Waals surface area contributed by atoms with E-state index in [1.54, 1.807) is 24.4 Å². The molecule has 140 valence electrons. The van der Waals surface area contributed by atoms with Gasteiger partial charge < -0.3 is 5.32 Å². The van der Waals surface area contributed by atoms with Gasteiger partial charge in [0.2, 0.25) is 15.9 Å². The van der Waals surface area contributed by atoms with Crippen LogP contribution in [0.3, 0.4) is 0 Å². The van der Waals surface area contributed by atoms with Crippen LogP contribution < -0.4 is 5.32 Å². The summed E-state index contributed by atoms with van der Waals surface area (Å²) in [5.41, 5.74) is 0. The molecule has 4 rings (SSSR count). The highest BCUT2D eigenvalue weighted by molar-refractivity contribution is 7.89. The minimum Gasteiger partial charge on any atom is -0.311 e. The molecule has 7 nitrogen and oxygen atoms in total. The molecule has 0 radical (unpaired) electrons. The first-order chi connectivity index (χ1) is 13.0. The van der Waals surface area contributed by atoms with Crippen molar-refractivity contribution in [1.82, 2.24) is 14.5 Å².